The number of carbonyl (C=O) groups is 1. The average Bonchev–Trinajstić information content (AvgIpc) is 2.39. The predicted molar refractivity (Wildman–Crippen MR) is 89.6 cm³/mol. The van der Waals surface area contributed by atoms with Gasteiger partial charge >= 0.3 is 0 Å². The van der Waals surface area contributed by atoms with Gasteiger partial charge in [0.1, 0.15) is 0 Å². The number of nitrogen functional groups attached to an aromatic ring is 1. The number of rotatable bonds is 4. The van der Waals surface area contributed by atoms with Crippen LogP contribution in [-0.2, 0) is 4.79 Å². The number of amides is 1. The topological polar surface area (TPSA) is 58.4 Å². The van der Waals surface area contributed by atoms with E-state index in [9.17, 15) is 4.79 Å². The van der Waals surface area contributed by atoms with Gasteiger partial charge in [-0.15, -0.1) is 0 Å². The summed E-state index contributed by atoms with van der Waals surface area (Å²) in [5, 5.41) is 3.04. The molecule has 1 fully saturated rings. The van der Waals surface area contributed by atoms with Crippen LogP contribution < -0.4 is 16.0 Å². The number of piperidine rings is 1. The minimum absolute atomic E-state index is 0.0570. The van der Waals surface area contributed by atoms with Gasteiger partial charge in [-0.05, 0) is 50.3 Å². The quantitative estimate of drug-likeness (QED) is 0.832. The maximum Gasteiger partial charge on any atom is 0.224 e. The van der Waals surface area contributed by atoms with E-state index in [0.717, 1.165) is 17.9 Å². The number of carbonyl (C=O) groups excluding carboxylic acids is 1. The third-order valence-corrected chi connectivity index (χ3v) is 4.00. The zero-order valence-corrected chi connectivity index (χ0v) is 13.4. The molecule has 3 N–H and O–H groups in total. The summed E-state index contributed by atoms with van der Waals surface area (Å²) in [4.78, 5) is 14.5. The van der Waals surface area contributed by atoms with Gasteiger partial charge in [0.05, 0.1) is 11.4 Å². The Bertz CT molecular complexity index is 499. The fourth-order valence-electron chi connectivity index (χ4n) is 2.93. The van der Waals surface area contributed by atoms with Crippen molar-refractivity contribution in [2.75, 3.05) is 22.5 Å². The number of hydrogen-bond donors (Lipinski definition) is 2. The molecular weight excluding hydrogens is 262 g/mol. The minimum atomic E-state index is 0.0570. The Hall–Kier alpha value is -1.71. The largest absolute Gasteiger partial charge is 0.399 e. The summed E-state index contributed by atoms with van der Waals surface area (Å²) in [5.74, 6) is 0.407. The van der Waals surface area contributed by atoms with Crippen LogP contribution in [0.4, 0.5) is 17.1 Å². The lowest BCUT2D eigenvalue weighted by Gasteiger charge is -2.36. The second-order valence-corrected chi connectivity index (χ2v) is 6.46. The molecule has 2 rings (SSSR count). The maximum atomic E-state index is 12.1. The third-order valence-electron chi connectivity index (χ3n) is 4.00. The van der Waals surface area contributed by atoms with E-state index >= 15 is 0 Å². The van der Waals surface area contributed by atoms with Crippen molar-refractivity contribution in [2.45, 2.75) is 52.5 Å². The molecule has 0 radical (unpaired) electrons. The number of hydrogen-bond acceptors (Lipinski definition) is 3. The molecule has 0 unspecified atom stereocenters. The average molecular weight is 289 g/mol. The maximum absolute atomic E-state index is 12.1. The van der Waals surface area contributed by atoms with Crippen molar-refractivity contribution in [3.63, 3.8) is 0 Å². The number of benzene rings is 1. The van der Waals surface area contributed by atoms with Crippen molar-refractivity contribution < 1.29 is 4.79 Å². The normalized spacial score (nSPS) is 18.9. The van der Waals surface area contributed by atoms with Gasteiger partial charge in [-0.25, -0.2) is 0 Å². The van der Waals surface area contributed by atoms with Crippen LogP contribution in [0.2, 0.25) is 0 Å². The van der Waals surface area contributed by atoms with Crippen LogP contribution >= 0.6 is 0 Å². The molecule has 116 valence electrons. The van der Waals surface area contributed by atoms with E-state index < -0.39 is 0 Å². The van der Waals surface area contributed by atoms with Crippen molar-refractivity contribution in [3.8, 4) is 0 Å². The van der Waals surface area contributed by atoms with Crippen LogP contribution in [0.1, 0.15) is 46.5 Å². The van der Waals surface area contributed by atoms with Crippen LogP contribution in [0.3, 0.4) is 0 Å². The first kappa shape index (κ1) is 15.7. The Morgan fingerprint density at radius 3 is 2.86 bits per heavy atom. The molecule has 1 amide bonds. The molecule has 0 spiro atoms. The SMILES string of the molecule is CC(C)CC(=O)Nc1cc(N)ccc1N1CCCC[C@@H]1C. The van der Waals surface area contributed by atoms with E-state index in [-0.39, 0.29) is 5.91 Å². The van der Waals surface area contributed by atoms with E-state index in [1.807, 2.05) is 32.0 Å². The second-order valence-electron chi connectivity index (χ2n) is 6.46. The first-order valence-electron chi connectivity index (χ1n) is 7.93. The van der Waals surface area contributed by atoms with Gasteiger partial charge in [0.15, 0.2) is 0 Å². The van der Waals surface area contributed by atoms with Gasteiger partial charge < -0.3 is 16.0 Å². The highest BCUT2D eigenvalue weighted by molar-refractivity contribution is 5.95. The Kier molecular flexibility index (Phi) is 5.10. The Morgan fingerprint density at radius 2 is 2.19 bits per heavy atom. The van der Waals surface area contributed by atoms with Crippen LogP contribution in [0.15, 0.2) is 18.2 Å². The highest BCUT2D eigenvalue weighted by atomic mass is 16.1. The first-order chi connectivity index (χ1) is 9.97. The lowest BCUT2D eigenvalue weighted by molar-refractivity contribution is -0.116. The molecule has 1 aliphatic heterocycles. The van der Waals surface area contributed by atoms with Crippen LogP contribution in [0, 0.1) is 5.92 Å². The standard InChI is InChI=1S/C17H27N3O/c1-12(2)10-17(21)19-15-11-14(18)7-8-16(15)20-9-5-4-6-13(20)3/h7-8,11-13H,4-6,9-10,18H2,1-3H3,(H,19,21)/t13-/m0/s1. The molecular formula is C17H27N3O. The Labute approximate surface area is 127 Å². The zero-order valence-electron chi connectivity index (χ0n) is 13.4. The molecule has 1 saturated heterocycles. The molecule has 1 aromatic rings. The lowest BCUT2D eigenvalue weighted by Crippen LogP contribution is -2.38. The Balaban J connectivity index is 2.22. The van der Waals surface area contributed by atoms with Crippen molar-refractivity contribution >= 4 is 23.0 Å². The summed E-state index contributed by atoms with van der Waals surface area (Å²) in [6.45, 7) is 7.38. The fraction of sp³-hybridized carbons (Fsp3) is 0.588. The van der Waals surface area contributed by atoms with Crippen LogP contribution in [-0.4, -0.2) is 18.5 Å². The molecule has 1 atom stereocenters. The molecule has 21 heavy (non-hydrogen) atoms. The van der Waals surface area contributed by atoms with Crippen molar-refractivity contribution in [1.29, 1.82) is 0 Å². The second kappa shape index (κ2) is 6.83. The van der Waals surface area contributed by atoms with Gasteiger partial charge in [0, 0.05) is 24.7 Å². The highest BCUT2D eigenvalue weighted by Crippen LogP contribution is 2.33. The molecule has 4 nitrogen and oxygen atoms in total. The van der Waals surface area contributed by atoms with Gasteiger partial charge in [0.25, 0.3) is 0 Å². The predicted octanol–water partition coefficient (Wildman–Crippen LogP) is 3.63. The van der Waals surface area contributed by atoms with Gasteiger partial charge in [-0.3, -0.25) is 4.79 Å². The molecule has 1 aliphatic rings. The zero-order chi connectivity index (χ0) is 15.4. The number of anilines is 3. The number of nitrogens with one attached hydrogen (secondary N) is 1. The minimum Gasteiger partial charge on any atom is -0.399 e. The number of nitrogens with zero attached hydrogens (tertiary/aromatic N) is 1. The molecule has 0 bridgehead atoms. The summed E-state index contributed by atoms with van der Waals surface area (Å²) < 4.78 is 0. The van der Waals surface area contributed by atoms with E-state index in [4.69, 9.17) is 5.73 Å². The van der Waals surface area contributed by atoms with Crippen LogP contribution in [0.5, 0.6) is 0 Å². The van der Waals surface area contributed by atoms with Crippen molar-refractivity contribution in [3.05, 3.63) is 18.2 Å². The summed E-state index contributed by atoms with van der Waals surface area (Å²) in [6.07, 6.45) is 4.21. The van der Waals surface area contributed by atoms with E-state index in [0.29, 0.717) is 24.1 Å². The molecule has 4 heteroatoms. The van der Waals surface area contributed by atoms with Gasteiger partial charge in [-0.2, -0.15) is 0 Å². The lowest BCUT2D eigenvalue weighted by atomic mass is 10.0. The molecule has 0 saturated carbocycles. The molecule has 0 aromatic heterocycles. The third kappa shape index (κ3) is 4.13. The highest BCUT2D eigenvalue weighted by Gasteiger charge is 2.21. The summed E-state index contributed by atoms with van der Waals surface area (Å²) in [5.41, 5.74) is 8.52. The molecule has 0 aliphatic carbocycles. The molecule has 1 heterocycles. The smallest absolute Gasteiger partial charge is 0.224 e. The van der Waals surface area contributed by atoms with Gasteiger partial charge in [-0.1, -0.05) is 13.8 Å². The summed E-state index contributed by atoms with van der Waals surface area (Å²) in [7, 11) is 0. The Morgan fingerprint density at radius 1 is 1.43 bits per heavy atom. The summed E-state index contributed by atoms with van der Waals surface area (Å²) >= 11 is 0. The number of nitrogens with two attached hydrogens (primary N) is 1. The van der Waals surface area contributed by atoms with Crippen LogP contribution in [0.25, 0.3) is 0 Å². The monoisotopic (exact) mass is 289 g/mol. The first-order valence-corrected chi connectivity index (χ1v) is 7.93. The fourth-order valence-corrected chi connectivity index (χ4v) is 2.93. The molecule has 1 aromatic carbocycles. The van der Waals surface area contributed by atoms with E-state index in [2.05, 4.69) is 17.1 Å². The van der Waals surface area contributed by atoms with E-state index in [1.54, 1.807) is 0 Å². The van der Waals surface area contributed by atoms with E-state index in [1.165, 1.54) is 19.3 Å². The van der Waals surface area contributed by atoms with Gasteiger partial charge in [0.2, 0.25) is 5.91 Å². The van der Waals surface area contributed by atoms with Crippen molar-refractivity contribution in [2.24, 2.45) is 5.92 Å². The summed E-state index contributed by atoms with van der Waals surface area (Å²) in [6, 6.07) is 6.31. The van der Waals surface area contributed by atoms with Crippen molar-refractivity contribution in [1.82, 2.24) is 0 Å².